The number of pyridine rings is 1. The lowest BCUT2D eigenvalue weighted by molar-refractivity contribution is 0.0594. The highest BCUT2D eigenvalue weighted by Gasteiger charge is 2.15. The molecule has 0 N–H and O–H groups in total. The number of fused-ring (bicyclic) bond motifs is 1. The number of carbonyl (C=O) groups excluding carboxylic acids is 1. The maximum Gasteiger partial charge on any atom is 0.356 e. The van der Waals surface area contributed by atoms with Crippen LogP contribution in [-0.2, 0) is 16.1 Å². The lowest BCUT2D eigenvalue weighted by Crippen LogP contribution is -2.05. The molecule has 0 aliphatic heterocycles. The van der Waals surface area contributed by atoms with Gasteiger partial charge in [0.1, 0.15) is 4.83 Å². The molecule has 2 heterocycles. The maximum absolute atomic E-state index is 11.5. The highest BCUT2D eigenvalue weighted by molar-refractivity contribution is 7.13. The lowest BCUT2D eigenvalue weighted by atomic mass is 10.1. The highest BCUT2D eigenvalue weighted by Crippen LogP contribution is 2.25. The molecule has 0 unspecified atom stereocenters. The van der Waals surface area contributed by atoms with E-state index in [1.54, 1.807) is 13.2 Å². The second kappa shape index (κ2) is 4.77. The first-order valence-corrected chi connectivity index (χ1v) is 5.78. The molecule has 0 aromatic carbocycles. The van der Waals surface area contributed by atoms with Crippen molar-refractivity contribution in [3.8, 4) is 0 Å². The average molecular weight is 252 g/mol. The second-order valence-corrected chi connectivity index (χ2v) is 4.29. The van der Waals surface area contributed by atoms with Crippen molar-refractivity contribution in [3.05, 3.63) is 23.0 Å². The molecule has 90 valence electrons. The van der Waals surface area contributed by atoms with E-state index in [-0.39, 0.29) is 5.69 Å². The Labute approximate surface area is 103 Å². The van der Waals surface area contributed by atoms with Crippen LogP contribution >= 0.6 is 11.5 Å². The van der Waals surface area contributed by atoms with Crippen molar-refractivity contribution in [3.63, 3.8) is 0 Å². The molecular weight excluding hydrogens is 240 g/mol. The van der Waals surface area contributed by atoms with Crippen LogP contribution in [0.25, 0.3) is 10.2 Å². The molecule has 2 rings (SSSR count). The summed E-state index contributed by atoms with van der Waals surface area (Å²) in [6, 6.07) is 1.69. The fourth-order valence-electron chi connectivity index (χ4n) is 1.66. The Balaban J connectivity index is 2.64. The first kappa shape index (κ1) is 11.9. The number of carbonyl (C=O) groups is 1. The van der Waals surface area contributed by atoms with E-state index in [1.807, 2.05) is 6.92 Å². The first-order valence-electron chi connectivity index (χ1n) is 5.00. The second-order valence-electron chi connectivity index (χ2n) is 3.54. The zero-order valence-electron chi connectivity index (χ0n) is 9.81. The standard InChI is InChI=1S/C11H12N2O3S/c1-6-9-7(5-15-2)4-8(11(14)16-3)12-10(9)17-13-6/h4H,5H2,1-3H3. The van der Waals surface area contributed by atoms with E-state index in [0.717, 1.165) is 21.5 Å². The van der Waals surface area contributed by atoms with Gasteiger partial charge in [-0.3, -0.25) is 0 Å². The summed E-state index contributed by atoms with van der Waals surface area (Å²) in [6.07, 6.45) is 0. The van der Waals surface area contributed by atoms with Gasteiger partial charge in [-0.1, -0.05) is 0 Å². The number of aryl methyl sites for hydroxylation is 1. The molecule has 5 nitrogen and oxygen atoms in total. The minimum Gasteiger partial charge on any atom is -0.464 e. The molecule has 0 fully saturated rings. The monoisotopic (exact) mass is 252 g/mol. The number of aromatic nitrogens is 2. The summed E-state index contributed by atoms with van der Waals surface area (Å²) >= 11 is 1.27. The first-order chi connectivity index (χ1) is 8.17. The largest absolute Gasteiger partial charge is 0.464 e. The molecule has 0 radical (unpaired) electrons. The van der Waals surface area contributed by atoms with E-state index in [2.05, 4.69) is 14.1 Å². The topological polar surface area (TPSA) is 61.3 Å². The fourth-order valence-corrected chi connectivity index (χ4v) is 2.49. The Kier molecular flexibility index (Phi) is 3.35. The highest BCUT2D eigenvalue weighted by atomic mass is 32.1. The number of esters is 1. The summed E-state index contributed by atoms with van der Waals surface area (Å²) in [5, 5.41) is 0.963. The molecule has 0 spiro atoms. The molecule has 2 aromatic heterocycles. The van der Waals surface area contributed by atoms with Crippen LogP contribution in [0.15, 0.2) is 6.07 Å². The van der Waals surface area contributed by atoms with Gasteiger partial charge in [-0.05, 0) is 30.1 Å². The third-order valence-corrected chi connectivity index (χ3v) is 3.23. The Hall–Kier alpha value is -1.53. The third kappa shape index (κ3) is 2.13. The molecule has 17 heavy (non-hydrogen) atoms. The van der Waals surface area contributed by atoms with Crippen LogP contribution in [0.3, 0.4) is 0 Å². The molecule has 0 aliphatic rings. The summed E-state index contributed by atoms with van der Waals surface area (Å²) in [4.78, 5) is 16.4. The van der Waals surface area contributed by atoms with Crippen LogP contribution in [0.2, 0.25) is 0 Å². The van der Waals surface area contributed by atoms with Gasteiger partial charge < -0.3 is 9.47 Å². The fraction of sp³-hybridized carbons (Fsp3) is 0.364. The molecule has 6 heteroatoms. The number of hydrogen-bond donors (Lipinski definition) is 0. The minimum absolute atomic E-state index is 0.288. The van der Waals surface area contributed by atoms with E-state index in [1.165, 1.54) is 18.6 Å². The summed E-state index contributed by atoms with van der Waals surface area (Å²) in [5.41, 5.74) is 2.10. The predicted octanol–water partition coefficient (Wildman–Crippen LogP) is 1.93. The third-order valence-electron chi connectivity index (χ3n) is 2.39. The van der Waals surface area contributed by atoms with E-state index in [0.29, 0.717) is 6.61 Å². The Bertz CT molecular complexity index is 565. The van der Waals surface area contributed by atoms with Gasteiger partial charge >= 0.3 is 5.97 Å². The van der Waals surface area contributed by atoms with Crippen molar-refractivity contribution in [1.29, 1.82) is 0 Å². The van der Waals surface area contributed by atoms with Crippen LogP contribution in [0.5, 0.6) is 0 Å². The van der Waals surface area contributed by atoms with Gasteiger partial charge in [0.15, 0.2) is 5.69 Å². The van der Waals surface area contributed by atoms with E-state index in [9.17, 15) is 4.79 Å². The number of rotatable bonds is 3. The molecule has 0 saturated heterocycles. The van der Waals surface area contributed by atoms with Crippen LogP contribution < -0.4 is 0 Å². The maximum atomic E-state index is 11.5. The van der Waals surface area contributed by atoms with Crippen molar-refractivity contribution in [2.75, 3.05) is 14.2 Å². The van der Waals surface area contributed by atoms with Crippen LogP contribution in [0.1, 0.15) is 21.7 Å². The lowest BCUT2D eigenvalue weighted by Gasteiger charge is -2.05. The van der Waals surface area contributed by atoms with E-state index >= 15 is 0 Å². The number of nitrogens with zero attached hydrogens (tertiary/aromatic N) is 2. The number of methoxy groups -OCH3 is 2. The van der Waals surface area contributed by atoms with Gasteiger partial charge in [0.2, 0.25) is 0 Å². The zero-order chi connectivity index (χ0) is 12.4. The summed E-state index contributed by atoms with van der Waals surface area (Å²) in [5.74, 6) is -0.449. The summed E-state index contributed by atoms with van der Waals surface area (Å²) in [7, 11) is 2.95. The normalized spacial score (nSPS) is 10.8. The van der Waals surface area contributed by atoms with Crippen LogP contribution in [0, 0.1) is 6.92 Å². The van der Waals surface area contributed by atoms with Crippen molar-refractivity contribution >= 4 is 27.7 Å². The van der Waals surface area contributed by atoms with E-state index < -0.39 is 5.97 Å². The molecule has 0 atom stereocenters. The van der Waals surface area contributed by atoms with Crippen LogP contribution in [-0.4, -0.2) is 29.5 Å². The van der Waals surface area contributed by atoms with Gasteiger partial charge in [-0.25, -0.2) is 9.78 Å². The van der Waals surface area contributed by atoms with Crippen LogP contribution in [0.4, 0.5) is 0 Å². The Morgan fingerprint density at radius 2 is 2.24 bits per heavy atom. The number of ether oxygens (including phenoxy) is 2. The molecule has 2 aromatic rings. The molecular formula is C11H12N2O3S. The molecule has 0 aliphatic carbocycles. The van der Waals surface area contributed by atoms with E-state index in [4.69, 9.17) is 4.74 Å². The average Bonchev–Trinajstić information content (AvgIpc) is 2.70. The van der Waals surface area contributed by atoms with Crippen molar-refractivity contribution in [1.82, 2.24) is 9.36 Å². The predicted molar refractivity (Wildman–Crippen MR) is 64.2 cm³/mol. The quantitative estimate of drug-likeness (QED) is 0.781. The minimum atomic E-state index is -0.449. The Morgan fingerprint density at radius 3 is 2.88 bits per heavy atom. The zero-order valence-corrected chi connectivity index (χ0v) is 10.6. The SMILES string of the molecule is COCc1cc(C(=O)OC)nc2snc(C)c12. The Morgan fingerprint density at radius 1 is 1.47 bits per heavy atom. The van der Waals surface area contributed by atoms with Gasteiger partial charge in [-0.2, -0.15) is 4.37 Å². The van der Waals surface area contributed by atoms with Gasteiger partial charge in [0.25, 0.3) is 0 Å². The number of hydrogen-bond acceptors (Lipinski definition) is 6. The van der Waals surface area contributed by atoms with Gasteiger partial charge in [0, 0.05) is 12.5 Å². The summed E-state index contributed by atoms with van der Waals surface area (Å²) in [6.45, 7) is 2.33. The van der Waals surface area contributed by atoms with Gasteiger partial charge in [0.05, 0.1) is 19.4 Å². The van der Waals surface area contributed by atoms with Crippen molar-refractivity contribution in [2.24, 2.45) is 0 Å². The van der Waals surface area contributed by atoms with Crippen molar-refractivity contribution < 1.29 is 14.3 Å². The molecule has 0 bridgehead atoms. The smallest absolute Gasteiger partial charge is 0.356 e. The molecule has 0 amide bonds. The summed E-state index contributed by atoms with van der Waals surface area (Å²) < 4.78 is 14.0. The molecule has 0 saturated carbocycles. The van der Waals surface area contributed by atoms with Crippen molar-refractivity contribution in [2.45, 2.75) is 13.5 Å². The van der Waals surface area contributed by atoms with Gasteiger partial charge in [-0.15, -0.1) is 0 Å².